The molecular formula is C20H22N4O2. The molecule has 1 aliphatic rings. The highest BCUT2D eigenvalue weighted by Gasteiger charge is 2.25. The molecule has 6 nitrogen and oxygen atoms in total. The Morgan fingerprint density at radius 3 is 3.04 bits per heavy atom. The van der Waals surface area contributed by atoms with Gasteiger partial charge in [0.1, 0.15) is 0 Å². The third-order valence-corrected chi connectivity index (χ3v) is 4.88. The average molecular weight is 350 g/mol. The van der Waals surface area contributed by atoms with Crippen LogP contribution in [0.15, 0.2) is 49.1 Å². The molecule has 0 spiro atoms. The normalized spacial score (nSPS) is 18.0. The lowest BCUT2D eigenvalue weighted by atomic mass is 10.0. The second-order valence-corrected chi connectivity index (χ2v) is 6.71. The molecule has 1 amide bonds. The molecule has 1 fully saturated rings. The molecule has 0 radical (unpaired) electrons. The van der Waals surface area contributed by atoms with E-state index in [0.717, 1.165) is 23.3 Å². The summed E-state index contributed by atoms with van der Waals surface area (Å²) < 4.78 is 7.85. The Morgan fingerprint density at radius 2 is 2.15 bits per heavy atom. The van der Waals surface area contributed by atoms with Crippen molar-refractivity contribution in [3.05, 3.63) is 66.0 Å². The van der Waals surface area contributed by atoms with Crippen molar-refractivity contribution in [2.24, 2.45) is 5.92 Å². The zero-order chi connectivity index (χ0) is 17.9. The molecule has 1 aliphatic heterocycles. The van der Waals surface area contributed by atoms with Gasteiger partial charge in [-0.15, -0.1) is 0 Å². The maximum atomic E-state index is 13.0. The maximum absolute atomic E-state index is 13.0. The zero-order valence-corrected chi connectivity index (χ0v) is 14.8. The van der Waals surface area contributed by atoms with Crippen LogP contribution < -0.4 is 0 Å². The number of ether oxygens (including phenoxy) is 1. The van der Waals surface area contributed by atoms with Gasteiger partial charge in [-0.05, 0) is 37.6 Å². The van der Waals surface area contributed by atoms with Crippen molar-refractivity contribution in [2.75, 3.05) is 26.3 Å². The maximum Gasteiger partial charge on any atom is 0.255 e. The summed E-state index contributed by atoms with van der Waals surface area (Å²) in [4.78, 5) is 23.6. The van der Waals surface area contributed by atoms with Crippen LogP contribution in [0.2, 0.25) is 0 Å². The van der Waals surface area contributed by atoms with E-state index >= 15 is 0 Å². The molecule has 4 heterocycles. The van der Waals surface area contributed by atoms with Gasteiger partial charge in [-0.3, -0.25) is 14.8 Å². The molecule has 0 aliphatic carbocycles. The van der Waals surface area contributed by atoms with E-state index in [1.165, 1.54) is 0 Å². The van der Waals surface area contributed by atoms with Gasteiger partial charge in [0.25, 0.3) is 5.91 Å². The van der Waals surface area contributed by atoms with E-state index in [1.807, 2.05) is 48.6 Å². The van der Waals surface area contributed by atoms with E-state index in [2.05, 4.69) is 20.4 Å². The highest BCUT2D eigenvalue weighted by Crippen LogP contribution is 2.18. The van der Waals surface area contributed by atoms with Gasteiger partial charge in [0, 0.05) is 49.5 Å². The van der Waals surface area contributed by atoms with Gasteiger partial charge in [0.2, 0.25) is 0 Å². The van der Waals surface area contributed by atoms with Crippen LogP contribution in [0.4, 0.5) is 0 Å². The van der Waals surface area contributed by atoms with Crippen LogP contribution in [0.5, 0.6) is 0 Å². The number of pyridine rings is 1. The van der Waals surface area contributed by atoms with E-state index in [0.29, 0.717) is 31.9 Å². The number of aryl methyl sites for hydroxylation is 1. The van der Waals surface area contributed by atoms with Gasteiger partial charge >= 0.3 is 0 Å². The van der Waals surface area contributed by atoms with Crippen LogP contribution in [0.3, 0.4) is 0 Å². The monoisotopic (exact) mass is 350 g/mol. The molecule has 1 atom stereocenters. The molecular weight excluding hydrogens is 328 g/mol. The van der Waals surface area contributed by atoms with Gasteiger partial charge < -0.3 is 14.0 Å². The summed E-state index contributed by atoms with van der Waals surface area (Å²) in [6, 6.07) is 7.74. The van der Waals surface area contributed by atoms with Crippen molar-refractivity contribution in [3.63, 3.8) is 0 Å². The molecule has 6 heteroatoms. The summed E-state index contributed by atoms with van der Waals surface area (Å²) >= 11 is 0. The molecule has 134 valence electrons. The van der Waals surface area contributed by atoms with E-state index in [-0.39, 0.29) is 11.8 Å². The van der Waals surface area contributed by atoms with Crippen molar-refractivity contribution in [3.8, 4) is 0 Å². The van der Waals surface area contributed by atoms with Crippen LogP contribution in [0.25, 0.3) is 5.52 Å². The molecule has 1 saturated heterocycles. The molecule has 4 rings (SSSR count). The molecule has 0 aromatic carbocycles. The van der Waals surface area contributed by atoms with Crippen LogP contribution in [-0.2, 0) is 11.2 Å². The summed E-state index contributed by atoms with van der Waals surface area (Å²) in [5.74, 6) is 0.243. The van der Waals surface area contributed by atoms with E-state index in [1.54, 1.807) is 6.20 Å². The smallest absolute Gasteiger partial charge is 0.255 e. The van der Waals surface area contributed by atoms with Gasteiger partial charge in [-0.25, -0.2) is 0 Å². The fraction of sp³-hybridized carbons (Fsp3) is 0.350. The van der Waals surface area contributed by atoms with Crippen LogP contribution in [-0.4, -0.2) is 51.5 Å². The number of hydrogen-bond acceptors (Lipinski definition) is 4. The number of hydrogen-bond donors (Lipinski definition) is 0. The molecule has 1 unspecified atom stereocenters. The lowest BCUT2D eigenvalue weighted by Gasteiger charge is -2.24. The number of nitrogens with zero attached hydrogens (tertiary/aromatic N) is 4. The Hall–Kier alpha value is -2.73. The first-order valence-electron chi connectivity index (χ1n) is 8.91. The van der Waals surface area contributed by atoms with Crippen molar-refractivity contribution in [2.45, 2.75) is 13.3 Å². The van der Waals surface area contributed by atoms with Crippen LogP contribution in [0.1, 0.15) is 21.7 Å². The molecule has 0 saturated carbocycles. The summed E-state index contributed by atoms with van der Waals surface area (Å²) in [5.41, 5.74) is 3.58. The minimum absolute atomic E-state index is 0.0277. The van der Waals surface area contributed by atoms with E-state index in [4.69, 9.17) is 4.74 Å². The van der Waals surface area contributed by atoms with Gasteiger partial charge in [-0.1, -0.05) is 0 Å². The fourth-order valence-corrected chi connectivity index (χ4v) is 3.53. The molecule has 0 N–H and O–H groups in total. The summed E-state index contributed by atoms with van der Waals surface area (Å²) in [6.45, 7) is 4.34. The Labute approximate surface area is 152 Å². The first-order valence-corrected chi connectivity index (χ1v) is 8.91. The van der Waals surface area contributed by atoms with Crippen LogP contribution in [0, 0.1) is 12.8 Å². The average Bonchev–Trinajstić information content (AvgIpc) is 3.02. The fourth-order valence-electron chi connectivity index (χ4n) is 3.53. The second kappa shape index (κ2) is 7.25. The number of carbonyl (C=O) groups excluding carboxylic acids is 1. The Morgan fingerprint density at radius 1 is 1.23 bits per heavy atom. The first-order chi connectivity index (χ1) is 12.7. The van der Waals surface area contributed by atoms with Gasteiger partial charge in [-0.2, -0.15) is 0 Å². The standard InChI is InChI=1S/C20H22N4O2/c1-15-17(4-2-6-21-15)20(25)24-10-11-26-14-16(13-24)12-18-19-5-3-8-23(19)9-7-22-18/h2-9,16H,10-14H2,1H3. The SMILES string of the molecule is Cc1ncccc1C(=O)N1CCOCC(Cc2nccn3cccc23)C1. The van der Waals surface area contributed by atoms with Gasteiger partial charge in [0.05, 0.1) is 30.0 Å². The third kappa shape index (κ3) is 3.32. The lowest BCUT2D eigenvalue weighted by Crippen LogP contribution is -2.37. The number of aromatic nitrogens is 3. The van der Waals surface area contributed by atoms with Crippen molar-refractivity contribution in [1.29, 1.82) is 0 Å². The number of fused-ring (bicyclic) bond motifs is 1. The van der Waals surface area contributed by atoms with E-state index in [9.17, 15) is 4.79 Å². The highest BCUT2D eigenvalue weighted by molar-refractivity contribution is 5.95. The van der Waals surface area contributed by atoms with Crippen molar-refractivity contribution in [1.82, 2.24) is 19.3 Å². The second-order valence-electron chi connectivity index (χ2n) is 6.71. The minimum atomic E-state index is 0.0277. The summed E-state index contributed by atoms with van der Waals surface area (Å²) in [5, 5.41) is 0. The third-order valence-electron chi connectivity index (χ3n) is 4.88. The van der Waals surface area contributed by atoms with Crippen molar-refractivity contribution < 1.29 is 9.53 Å². The summed E-state index contributed by atoms with van der Waals surface area (Å²) in [6.07, 6.45) is 8.28. The predicted molar refractivity (Wildman–Crippen MR) is 98.1 cm³/mol. The lowest BCUT2D eigenvalue weighted by molar-refractivity contribution is 0.0736. The van der Waals surface area contributed by atoms with E-state index < -0.39 is 0 Å². The Kier molecular flexibility index (Phi) is 4.67. The zero-order valence-electron chi connectivity index (χ0n) is 14.8. The summed E-state index contributed by atoms with van der Waals surface area (Å²) in [7, 11) is 0. The number of carbonyl (C=O) groups is 1. The minimum Gasteiger partial charge on any atom is -0.379 e. The largest absolute Gasteiger partial charge is 0.379 e. The van der Waals surface area contributed by atoms with Crippen LogP contribution >= 0.6 is 0 Å². The molecule has 3 aromatic rings. The highest BCUT2D eigenvalue weighted by atomic mass is 16.5. The number of rotatable bonds is 3. The molecule has 3 aromatic heterocycles. The quantitative estimate of drug-likeness (QED) is 0.728. The predicted octanol–water partition coefficient (Wildman–Crippen LogP) is 2.37. The first kappa shape index (κ1) is 16.7. The van der Waals surface area contributed by atoms with Gasteiger partial charge in [0.15, 0.2) is 0 Å². The Balaban J connectivity index is 1.54. The topological polar surface area (TPSA) is 59.7 Å². The number of amides is 1. The molecule has 0 bridgehead atoms. The Bertz CT molecular complexity index is 921. The molecule has 26 heavy (non-hydrogen) atoms. The van der Waals surface area contributed by atoms with Crippen molar-refractivity contribution >= 4 is 11.4 Å².